The topological polar surface area (TPSA) is 125 Å². The van der Waals surface area contributed by atoms with Crippen molar-refractivity contribution in [2.45, 2.75) is 58.7 Å². The first-order valence-electron chi connectivity index (χ1n) is 16.8. The van der Waals surface area contributed by atoms with Gasteiger partial charge in [0.1, 0.15) is 24.6 Å². The monoisotopic (exact) mass is 659 g/mol. The van der Waals surface area contributed by atoms with Crippen molar-refractivity contribution in [3.8, 4) is 17.4 Å². The number of halogens is 2. The van der Waals surface area contributed by atoms with Gasteiger partial charge in [-0.2, -0.15) is 5.10 Å². The van der Waals surface area contributed by atoms with E-state index in [0.717, 1.165) is 18.1 Å². The molecule has 8 rings (SSSR count). The van der Waals surface area contributed by atoms with Gasteiger partial charge >= 0.3 is 0 Å². The highest BCUT2D eigenvalue weighted by Gasteiger charge is 2.56. The number of anilines is 1. The molecule has 1 saturated heterocycles. The normalized spacial score (nSPS) is 25.2. The molecule has 11 nitrogen and oxygen atoms in total. The molecule has 4 aromatic rings. The van der Waals surface area contributed by atoms with Crippen LogP contribution in [-0.4, -0.2) is 81.1 Å². The molecule has 0 amide bonds. The van der Waals surface area contributed by atoms with E-state index in [-0.39, 0.29) is 30.6 Å². The zero-order valence-electron chi connectivity index (χ0n) is 27.8. The molecule has 2 aromatic carbocycles. The number of nitrogens with one attached hydrogen (secondary N) is 3. The summed E-state index contributed by atoms with van der Waals surface area (Å²) >= 11 is 0. The lowest BCUT2D eigenvalue weighted by Gasteiger charge is -2.61. The van der Waals surface area contributed by atoms with Crippen LogP contribution in [0, 0.1) is 29.0 Å². The number of aromatic amines is 1. The zero-order chi connectivity index (χ0) is 33.6. The fourth-order valence-electron chi connectivity index (χ4n) is 7.98. The van der Waals surface area contributed by atoms with Gasteiger partial charge in [0.25, 0.3) is 5.56 Å². The molecule has 3 aliphatic carbocycles. The first-order chi connectivity index (χ1) is 23.2. The Morgan fingerprint density at radius 1 is 1.21 bits per heavy atom. The van der Waals surface area contributed by atoms with Crippen LogP contribution < -0.4 is 20.9 Å². The molecular formula is C35H43F2N9O2. The second kappa shape index (κ2) is 12.9. The Labute approximate surface area is 278 Å². The van der Waals surface area contributed by atoms with Gasteiger partial charge < -0.3 is 20.3 Å². The second-order valence-electron chi connectivity index (χ2n) is 14.0. The number of aryl methyl sites for hydroxylation is 1. The van der Waals surface area contributed by atoms with E-state index >= 15 is 0 Å². The molecule has 0 unspecified atom stereocenters. The van der Waals surface area contributed by atoms with Gasteiger partial charge in [-0.3, -0.25) is 14.5 Å². The number of piperazine rings is 1. The van der Waals surface area contributed by atoms with Crippen LogP contribution in [0.25, 0.3) is 22.6 Å². The van der Waals surface area contributed by atoms with E-state index in [1.54, 1.807) is 18.2 Å². The van der Waals surface area contributed by atoms with E-state index in [4.69, 9.17) is 14.7 Å². The summed E-state index contributed by atoms with van der Waals surface area (Å²) in [5.74, 6) is 3.09. The molecular weight excluding hydrogens is 616 g/mol. The van der Waals surface area contributed by atoms with Gasteiger partial charge in [0.05, 0.1) is 30.1 Å². The molecule has 0 radical (unpaired) electrons. The Bertz CT molecular complexity index is 1880. The molecule has 48 heavy (non-hydrogen) atoms. The SMILES string of the molecule is COc1ccc(CCn2c(-c3ncn[nH]3)nc3cc(NC(=N[C@H]4C[C@@H]5C[C@@H]([C@H]4C)C5(C)C)N4CCN[C@@H](CF)C4)ccc3c2=O)c(F)c1. The predicted molar refractivity (Wildman–Crippen MR) is 181 cm³/mol. The minimum absolute atomic E-state index is 0.169. The Morgan fingerprint density at radius 2 is 2.06 bits per heavy atom. The third kappa shape index (κ3) is 5.93. The average molecular weight is 660 g/mol. The first kappa shape index (κ1) is 32.2. The van der Waals surface area contributed by atoms with Crippen molar-refractivity contribution >= 4 is 22.5 Å². The number of methoxy groups -OCH3 is 1. The number of ether oxygens (including phenoxy) is 1. The van der Waals surface area contributed by atoms with E-state index in [0.29, 0.717) is 76.7 Å². The molecule has 4 fully saturated rings. The maximum absolute atomic E-state index is 14.8. The minimum Gasteiger partial charge on any atom is -0.497 e. The number of aliphatic imine (C=N–C) groups is 1. The Hall–Kier alpha value is -4.39. The number of rotatable bonds is 8. The fraction of sp³-hybridized carbons (Fsp3) is 0.514. The van der Waals surface area contributed by atoms with Crippen LogP contribution in [-0.2, 0) is 13.0 Å². The molecule has 3 saturated carbocycles. The van der Waals surface area contributed by atoms with Gasteiger partial charge in [0.2, 0.25) is 0 Å². The molecule has 3 heterocycles. The van der Waals surface area contributed by atoms with Crippen molar-refractivity contribution in [1.82, 2.24) is 34.9 Å². The minimum atomic E-state index is -0.455. The summed E-state index contributed by atoms with van der Waals surface area (Å²) in [5.41, 5.74) is 1.71. The van der Waals surface area contributed by atoms with E-state index in [9.17, 15) is 13.6 Å². The van der Waals surface area contributed by atoms with Crippen LogP contribution in [0.2, 0.25) is 0 Å². The Kier molecular flexibility index (Phi) is 8.65. The maximum Gasteiger partial charge on any atom is 0.261 e. The molecule has 13 heteroatoms. The van der Waals surface area contributed by atoms with Crippen molar-refractivity contribution < 1.29 is 13.5 Å². The van der Waals surface area contributed by atoms with E-state index in [2.05, 4.69) is 51.5 Å². The highest BCUT2D eigenvalue weighted by Crippen LogP contribution is 2.61. The van der Waals surface area contributed by atoms with Crippen molar-refractivity contribution in [3.05, 3.63) is 64.5 Å². The highest BCUT2D eigenvalue weighted by molar-refractivity contribution is 5.96. The first-order valence-corrected chi connectivity index (χ1v) is 16.8. The second-order valence-corrected chi connectivity index (χ2v) is 14.0. The quantitative estimate of drug-likeness (QED) is 0.185. The molecule has 254 valence electrons. The van der Waals surface area contributed by atoms with E-state index < -0.39 is 12.5 Å². The zero-order valence-corrected chi connectivity index (χ0v) is 27.8. The summed E-state index contributed by atoms with van der Waals surface area (Å²) in [6.45, 7) is 8.65. The van der Waals surface area contributed by atoms with Crippen molar-refractivity contribution in [3.63, 3.8) is 0 Å². The van der Waals surface area contributed by atoms with Gasteiger partial charge in [-0.1, -0.05) is 26.8 Å². The summed E-state index contributed by atoms with van der Waals surface area (Å²) in [4.78, 5) is 30.5. The average Bonchev–Trinajstić information content (AvgIpc) is 3.63. The Morgan fingerprint density at radius 3 is 2.77 bits per heavy atom. The summed E-state index contributed by atoms with van der Waals surface area (Å²) in [6, 6.07) is 10.0. The summed E-state index contributed by atoms with van der Waals surface area (Å²) < 4.78 is 35.2. The number of nitrogens with zero attached hydrogens (tertiary/aromatic N) is 6. The molecule has 2 bridgehead atoms. The summed E-state index contributed by atoms with van der Waals surface area (Å²) in [7, 11) is 1.49. The van der Waals surface area contributed by atoms with Crippen molar-refractivity contribution in [2.75, 3.05) is 38.7 Å². The Balaban J connectivity index is 1.22. The number of alkyl halides is 1. The third-order valence-corrected chi connectivity index (χ3v) is 11.0. The van der Waals surface area contributed by atoms with E-state index in [1.807, 2.05) is 12.1 Å². The lowest BCUT2D eigenvalue weighted by Crippen LogP contribution is -2.58. The van der Waals surface area contributed by atoms with Crippen LogP contribution >= 0.6 is 0 Å². The van der Waals surface area contributed by atoms with Crippen LogP contribution in [0.3, 0.4) is 0 Å². The van der Waals surface area contributed by atoms with Crippen LogP contribution in [0.5, 0.6) is 5.75 Å². The van der Waals surface area contributed by atoms with Crippen LogP contribution in [0.1, 0.15) is 39.2 Å². The maximum atomic E-state index is 14.8. The van der Waals surface area contributed by atoms with Crippen molar-refractivity contribution in [2.24, 2.45) is 28.2 Å². The van der Waals surface area contributed by atoms with Gasteiger partial charge in [-0.25, -0.2) is 23.7 Å². The van der Waals surface area contributed by atoms with Crippen molar-refractivity contribution in [1.29, 1.82) is 0 Å². The largest absolute Gasteiger partial charge is 0.497 e. The number of hydrogen-bond donors (Lipinski definition) is 3. The number of fused-ring (bicyclic) bond motifs is 3. The third-order valence-electron chi connectivity index (χ3n) is 11.0. The molecule has 2 aromatic heterocycles. The molecule has 5 atom stereocenters. The molecule has 1 aliphatic heterocycles. The number of guanidine groups is 1. The van der Waals surface area contributed by atoms with Crippen LogP contribution in [0.15, 0.2) is 52.5 Å². The molecule has 3 N–H and O–H groups in total. The lowest BCUT2D eigenvalue weighted by molar-refractivity contribution is -0.108. The number of benzene rings is 2. The lowest BCUT2D eigenvalue weighted by atomic mass is 9.45. The smallest absolute Gasteiger partial charge is 0.261 e. The predicted octanol–water partition coefficient (Wildman–Crippen LogP) is 4.65. The number of hydrogen-bond acceptors (Lipinski definition) is 7. The summed E-state index contributed by atoms with van der Waals surface area (Å²) in [6.07, 6.45) is 3.91. The highest BCUT2D eigenvalue weighted by atomic mass is 19.1. The van der Waals surface area contributed by atoms with Gasteiger partial charge in [-0.05, 0) is 72.3 Å². The number of H-pyrrole nitrogens is 1. The van der Waals surface area contributed by atoms with Gasteiger partial charge in [-0.15, -0.1) is 0 Å². The number of aromatic nitrogens is 5. The van der Waals surface area contributed by atoms with Gasteiger partial charge in [0.15, 0.2) is 17.6 Å². The molecule has 4 aliphatic rings. The van der Waals surface area contributed by atoms with Gasteiger partial charge in [0, 0.05) is 37.9 Å². The van der Waals surface area contributed by atoms with E-state index in [1.165, 1.54) is 30.5 Å². The summed E-state index contributed by atoms with van der Waals surface area (Å²) in [5, 5.41) is 14.0. The fourth-order valence-corrected chi connectivity index (χ4v) is 7.98. The van der Waals surface area contributed by atoms with Crippen LogP contribution in [0.4, 0.5) is 14.5 Å². The standard InChI is InChI=1S/C35H43F2N9O2/c1-20-27-13-22(35(27,2)3)14-29(20)43-34(45-12-10-38-24(17-36)18-45)41-23-6-8-26-30(15-23)42-32(31-39-19-40-44-31)46(33(26)47)11-9-21-5-7-25(48-4)16-28(21)37/h5-8,15-16,19-20,22,24,27,29,38H,9-14,17-18H2,1-4H3,(H,41,43)(H,39,40,44)/t20-,22+,24+,27+,29+/m1/s1. The molecule has 0 spiro atoms.